The number of anilines is 1. The maximum absolute atomic E-state index is 5.15. The number of methoxy groups -OCH3 is 1. The van der Waals surface area contributed by atoms with Crippen LogP contribution in [0.3, 0.4) is 0 Å². The molecule has 3 nitrogen and oxygen atoms in total. The molecule has 0 radical (unpaired) electrons. The minimum atomic E-state index is 0.864. The highest BCUT2D eigenvalue weighted by molar-refractivity contribution is 5.49. The fourth-order valence-corrected chi connectivity index (χ4v) is 1.76. The first-order valence-corrected chi connectivity index (χ1v) is 6.40. The van der Waals surface area contributed by atoms with Gasteiger partial charge in [-0.1, -0.05) is 13.5 Å². The first kappa shape index (κ1) is 14.6. The van der Waals surface area contributed by atoms with E-state index in [1.165, 1.54) is 11.3 Å². The van der Waals surface area contributed by atoms with Crippen LogP contribution in [-0.2, 0) is 0 Å². The van der Waals surface area contributed by atoms with Gasteiger partial charge in [-0.3, -0.25) is 0 Å². The highest BCUT2D eigenvalue weighted by atomic mass is 16.5. The second-order valence-electron chi connectivity index (χ2n) is 4.48. The molecule has 0 saturated carbocycles. The van der Waals surface area contributed by atoms with E-state index in [4.69, 9.17) is 4.74 Å². The summed E-state index contributed by atoms with van der Waals surface area (Å²) in [6.45, 7) is 9.06. The number of likely N-dealkylation sites (N-methyl/N-ethyl adjacent to an activating group) is 1. The van der Waals surface area contributed by atoms with E-state index in [0.717, 1.165) is 31.8 Å². The maximum atomic E-state index is 5.15. The normalized spacial score (nSPS) is 10.2. The van der Waals surface area contributed by atoms with E-state index in [-0.39, 0.29) is 0 Å². The van der Waals surface area contributed by atoms with Crippen LogP contribution in [0.15, 0.2) is 36.4 Å². The molecule has 0 heterocycles. The SMILES string of the molecule is C=C(CNCCC)CN(C)c1ccc(OC)cc1. The largest absolute Gasteiger partial charge is 0.497 e. The lowest BCUT2D eigenvalue weighted by atomic mass is 10.2. The molecule has 1 aromatic rings. The summed E-state index contributed by atoms with van der Waals surface area (Å²) in [6, 6.07) is 8.07. The van der Waals surface area contributed by atoms with E-state index in [9.17, 15) is 0 Å². The fraction of sp³-hybridized carbons (Fsp3) is 0.467. The molecule has 0 aromatic heterocycles. The number of hydrogen-bond donors (Lipinski definition) is 1. The Hall–Kier alpha value is -1.48. The zero-order chi connectivity index (χ0) is 13.4. The average molecular weight is 248 g/mol. The molecule has 0 aliphatic heterocycles. The molecule has 0 aliphatic rings. The molecule has 0 saturated heterocycles. The molecule has 1 rings (SSSR count). The number of nitrogens with one attached hydrogen (secondary N) is 1. The number of benzene rings is 1. The van der Waals surface area contributed by atoms with Crippen LogP contribution in [-0.4, -0.2) is 33.8 Å². The smallest absolute Gasteiger partial charge is 0.119 e. The average Bonchev–Trinajstić information content (AvgIpc) is 2.39. The summed E-state index contributed by atoms with van der Waals surface area (Å²) in [6.07, 6.45) is 1.15. The van der Waals surface area contributed by atoms with E-state index in [1.54, 1.807) is 7.11 Å². The van der Waals surface area contributed by atoms with Crippen LogP contribution < -0.4 is 15.0 Å². The molecule has 0 amide bonds. The minimum absolute atomic E-state index is 0.864. The lowest BCUT2D eigenvalue weighted by molar-refractivity contribution is 0.415. The van der Waals surface area contributed by atoms with Gasteiger partial charge in [-0.25, -0.2) is 0 Å². The molecular weight excluding hydrogens is 224 g/mol. The van der Waals surface area contributed by atoms with Gasteiger partial charge in [0.2, 0.25) is 0 Å². The molecule has 0 fully saturated rings. The molecule has 0 bridgehead atoms. The van der Waals surface area contributed by atoms with Crippen molar-refractivity contribution < 1.29 is 4.74 Å². The van der Waals surface area contributed by atoms with Crippen molar-refractivity contribution in [1.82, 2.24) is 5.32 Å². The summed E-state index contributed by atoms with van der Waals surface area (Å²) in [5, 5.41) is 3.36. The van der Waals surface area contributed by atoms with Gasteiger partial charge in [0, 0.05) is 25.8 Å². The molecule has 18 heavy (non-hydrogen) atoms. The van der Waals surface area contributed by atoms with Gasteiger partial charge in [0.1, 0.15) is 5.75 Å². The molecule has 0 spiro atoms. The van der Waals surface area contributed by atoms with Crippen molar-refractivity contribution in [2.75, 3.05) is 38.7 Å². The van der Waals surface area contributed by atoms with Gasteiger partial charge in [-0.05, 0) is 42.8 Å². The second-order valence-corrected chi connectivity index (χ2v) is 4.48. The van der Waals surface area contributed by atoms with Crippen LogP contribution in [0.2, 0.25) is 0 Å². The van der Waals surface area contributed by atoms with Crippen molar-refractivity contribution in [3.05, 3.63) is 36.4 Å². The van der Waals surface area contributed by atoms with Crippen molar-refractivity contribution >= 4 is 5.69 Å². The standard InChI is InChI=1S/C15H24N2O/c1-5-10-16-11-13(2)12-17(3)14-6-8-15(18-4)9-7-14/h6-9,16H,2,5,10-12H2,1,3-4H3. The van der Waals surface area contributed by atoms with Crippen molar-refractivity contribution in [2.24, 2.45) is 0 Å². The first-order chi connectivity index (χ1) is 8.67. The Kier molecular flexibility index (Phi) is 6.29. The molecule has 1 N–H and O–H groups in total. The third kappa shape index (κ3) is 4.80. The fourth-order valence-electron chi connectivity index (χ4n) is 1.76. The summed E-state index contributed by atoms with van der Waals surface area (Å²) in [5.41, 5.74) is 2.37. The quantitative estimate of drug-likeness (QED) is 0.565. The monoisotopic (exact) mass is 248 g/mol. The summed E-state index contributed by atoms with van der Waals surface area (Å²) >= 11 is 0. The Morgan fingerprint density at radius 3 is 2.56 bits per heavy atom. The molecule has 3 heteroatoms. The third-order valence-electron chi connectivity index (χ3n) is 2.78. The van der Waals surface area contributed by atoms with Crippen LogP contribution in [0, 0.1) is 0 Å². The first-order valence-electron chi connectivity index (χ1n) is 6.40. The van der Waals surface area contributed by atoms with Crippen LogP contribution in [0.25, 0.3) is 0 Å². The zero-order valence-electron chi connectivity index (χ0n) is 11.7. The second kappa shape index (κ2) is 7.77. The summed E-state index contributed by atoms with van der Waals surface area (Å²) in [5.74, 6) is 0.885. The third-order valence-corrected chi connectivity index (χ3v) is 2.78. The van der Waals surface area contributed by atoms with Gasteiger partial charge in [-0.2, -0.15) is 0 Å². The van der Waals surface area contributed by atoms with Crippen LogP contribution in [0.4, 0.5) is 5.69 Å². The summed E-state index contributed by atoms with van der Waals surface area (Å²) < 4.78 is 5.15. The van der Waals surface area contributed by atoms with Gasteiger partial charge in [0.25, 0.3) is 0 Å². The Morgan fingerprint density at radius 1 is 1.33 bits per heavy atom. The number of ether oxygens (including phenoxy) is 1. The molecule has 1 aromatic carbocycles. The van der Waals surface area contributed by atoms with Crippen molar-refractivity contribution in [1.29, 1.82) is 0 Å². The van der Waals surface area contributed by atoms with Crippen molar-refractivity contribution in [3.8, 4) is 5.75 Å². The van der Waals surface area contributed by atoms with Gasteiger partial charge >= 0.3 is 0 Å². The zero-order valence-corrected chi connectivity index (χ0v) is 11.7. The van der Waals surface area contributed by atoms with Gasteiger partial charge < -0.3 is 15.0 Å². The topological polar surface area (TPSA) is 24.5 Å². The number of rotatable bonds is 8. The van der Waals surface area contributed by atoms with Gasteiger partial charge in [-0.15, -0.1) is 0 Å². The van der Waals surface area contributed by atoms with Crippen molar-refractivity contribution in [3.63, 3.8) is 0 Å². The number of nitrogens with zero attached hydrogens (tertiary/aromatic N) is 1. The van der Waals surface area contributed by atoms with E-state index >= 15 is 0 Å². The minimum Gasteiger partial charge on any atom is -0.497 e. The van der Waals surface area contributed by atoms with E-state index in [1.807, 2.05) is 12.1 Å². The summed E-state index contributed by atoms with van der Waals surface area (Å²) in [4.78, 5) is 2.19. The van der Waals surface area contributed by atoms with Crippen LogP contribution >= 0.6 is 0 Å². The highest BCUT2D eigenvalue weighted by Gasteiger charge is 2.03. The predicted octanol–water partition coefficient (Wildman–Crippen LogP) is 2.69. The van der Waals surface area contributed by atoms with Gasteiger partial charge in [0.15, 0.2) is 0 Å². The molecule has 0 atom stereocenters. The van der Waals surface area contributed by atoms with Gasteiger partial charge in [0.05, 0.1) is 7.11 Å². The highest BCUT2D eigenvalue weighted by Crippen LogP contribution is 2.18. The molecule has 0 aliphatic carbocycles. The summed E-state index contributed by atoms with van der Waals surface area (Å²) in [7, 11) is 3.76. The Balaban J connectivity index is 2.43. The maximum Gasteiger partial charge on any atom is 0.119 e. The van der Waals surface area contributed by atoms with E-state index in [0.29, 0.717) is 0 Å². The van der Waals surface area contributed by atoms with Crippen LogP contribution in [0.1, 0.15) is 13.3 Å². The van der Waals surface area contributed by atoms with Crippen molar-refractivity contribution in [2.45, 2.75) is 13.3 Å². The van der Waals surface area contributed by atoms with Crippen LogP contribution in [0.5, 0.6) is 5.75 Å². The molecular formula is C15H24N2O. The Bertz CT molecular complexity index is 359. The Morgan fingerprint density at radius 2 is 2.00 bits per heavy atom. The van der Waals surface area contributed by atoms with E-state index in [2.05, 4.69) is 42.9 Å². The molecule has 100 valence electrons. The molecule has 0 unspecified atom stereocenters. The number of hydrogen-bond acceptors (Lipinski definition) is 3. The lowest BCUT2D eigenvalue weighted by Crippen LogP contribution is -2.26. The predicted molar refractivity (Wildman–Crippen MR) is 78.6 cm³/mol. The van der Waals surface area contributed by atoms with E-state index < -0.39 is 0 Å². The lowest BCUT2D eigenvalue weighted by Gasteiger charge is -2.21. The Labute approximate surface area is 110 Å².